The maximum absolute atomic E-state index is 12.9. The Morgan fingerprint density at radius 2 is 2.08 bits per heavy atom. The lowest BCUT2D eigenvalue weighted by Crippen LogP contribution is -2.45. The number of benzene rings is 1. The van der Waals surface area contributed by atoms with Crippen molar-refractivity contribution in [3.05, 3.63) is 45.3 Å². The number of nitrogens with two attached hydrogens (primary N) is 1. The Bertz CT molecular complexity index is 1470. The molecule has 0 aliphatic carbocycles. The van der Waals surface area contributed by atoms with Gasteiger partial charge in [-0.1, -0.05) is 18.5 Å². The molecule has 1 saturated heterocycles. The molecule has 11 nitrogen and oxygen atoms in total. The fourth-order valence-corrected chi connectivity index (χ4v) is 5.03. The summed E-state index contributed by atoms with van der Waals surface area (Å²) in [5, 5.41) is 23.4. The van der Waals surface area contributed by atoms with Crippen molar-refractivity contribution in [1.82, 2.24) is 14.1 Å². The van der Waals surface area contributed by atoms with Gasteiger partial charge >= 0.3 is 11.8 Å². The summed E-state index contributed by atoms with van der Waals surface area (Å²) in [6.07, 6.45) is -0.192. The van der Waals surface area contributed by atoms with Gasteiger partial charge in [0.1, 0.15) is 18.0 Å². The van der Waals surface area contributed by atoms with Crippen LogP contribution in [0.3, 0.4) is 0 Å². The number of pyridine rings is 1. The van der Waals surface area contributed by atoms with Gasteiger partial charge in [0.05, 0.1) is 33.8 Å². The number of imidazole rings is 1. The molecule has 2 aromatic heterocycles. The van der Waals surface area contributed by atoms with Gasteiger partial charge in [0.15, 0.2) is 5.82 Å². The maximum Gasteiger partial charge on any atom is 0.404 e. The fourth-order valence-electron chi connectivity index (χ4n) is 4.83. The number of nitrogens with one attached hydrogen (secondary N) is 1. The molecule has 12 heteroatoms. The van der Waals surface area contributed by atoms with E-state index in [2.05, 4.69) is 16.4 Å². The van der Waals surface area contributed by atoms with Crippen LogP contribution in [0.15, 0.2) is 29.1 Å². The van der Waals surface area contributed by atoms with Crippen LogP contribution in [0.4, 0.5) is 22.1 Å². The average Bonchev–Trinajstić information content (AvgIpc) is 3.06. The zero-order valence-corrected chi connectivity index (χ0v) is 22.6. The third kappa shape index (κ3) is 5.87. The van der Waals surface area contributed by atoms with E-state index >= 15 is 0 Å². The molecule has 0 spiro atoms. The van der Waals surface area contributed by atoms with E-state index in [4.69, 9.17) is 22.1 Å². The molecule has 0 bridgehead atoms. The van der Waals surface area contributed by atoms with E-state index in [0.717, 1.165) is 5.52 Å². The zero-order chi connectivity index (χ0) is 27.8. The number of nitrogens with zero attached hydrogens (tertiary/aromatic N) is 5. The number of piperidine rings is 1. The molecule has 4 rings (SSSR count). The standard InChI is InChI=1S/C26H32ClN7O4/c1-15-9-18(38-24(29)35)14-33(13-15)23-16(12-28)10-19(27)22(31-23)30-17-5-6-20-21(11-17)34(25(36)32(20)4)8-7-26(2,3)37/h5-6,10-11,15,18,37H,7-9,13-14H2,1-4H3,(H2,29,35)(H,30,31). The molecule has 202 valence electrons. The molecule has 3 aromatic rings. The Kier molecular flexibility index (Phi) is 7.58. The predicted molar refractivity (Wildman–Crippen MR) is 146 cm³/mol. The largest absolute Gasteiger partial charge is 0.444 e. The van der Waals surface area contributed by atoms with Crippen LogP contribution in [0.1, 0.15) is 39.2 Å². The summed E-state index contributed by atoms with van der Waals surface area (Å²) in [4.78, 5) is 30.8. The first kappa shape index (κ1) is 27.3. The van der Waals surface area contributed by atoms with Gasteiger partial charge in [-0.05, 0) is 56.9 Å². The van der Waals surface area contributed by atoms with Crippen LogP contribution in [0.25, 0.3) is 11.0 Å². The smallest absolute Gasteiger partial charge is 0.404 e. The van der Waals surface area contributed by atoms with Crippen LogP contribution in [-0.4, -0.2) is 50.1 Å². The van der Waals surface area contributed by atoms with E-state index in [0.29, 0.717) is 60.9 Å². The Morgan fingerprint density at radius 3 is 2.74 bits per heavy atom. The summed E-state index contributed by atoms with van der Waals surface area (Å²) in [5.74, 6) is 0.938. The topological polar surface area (TPSA) is 151 Å². The van der Waals surface area contributed by atoms with Gasteiger partial charge in [0.25, 0.3) is 0 Å². The number of carbonyl (C=O) groups excluding carboxylic acids is 1. The van der Waals surface area contributed by atoms with E-state index in [1.165, 1.54) is 0 Å². The molecule has 2 unspecified atom stereocenters. The molecule has 1 amide bonds. The number of anilines is 3. The van der Waals surface area contributed by atoms with Gasteiger partial charge in [-0.25, -0.2) is 14.6 Å². The second-order valence-electron chi connectivity index (χ2n) is 10.5. The van der Waals surface area contributed by atoms with Crippen molar-refractivity contribution in [1.29, 1.82) is 5.26 Å². The highest BCUT2D eigenvalue weighted by molar-refractivity contribution is 6.33. The van der Waals surface area contributed by atoms with Crippen molar-refractivity contribution in [3.8, 4) is 6.07 Å². The molecule has 1 aliphatic rings. The first-order valence-corrected chi connectivity index (χ1v) is 12.7. The van der Waals surface area contributed by atoms with E-state index < -0.39 is 17.8 Å². The summed E-state index contributed by atoms with van der Waals surface area (Å²) in [6.45, 7) is 6.75. The van der Waals surface area contributed by atoms with E-state index in [-0.39, 0.29) is 16.6 Å². The summed E-state index contributed by atoms with van der Waals surface area (Å²) >= 11 is 6.51. The Morgan fingerprint density at radius 1 is 1.34 bits per heavy atom. The van der Waals surface area contributed by atoms with Gasteiger partial charge in [0, 0.05) is 25.8 Å². The van der Waals surface area contributed by atoms with Crippen molar-refractivity contribution in [3.63, 3.8) is 0 Å². The van der Waals surface area contributed by atoms with Crippen LogP contribution in [0.2, 0.25) is 5.02 Å². The molecule has 38 heavy (non-hydrogen) atoms. The third-order valence-electron chi connectivity index (χ3n) is 6.64. The average molecular weight is 542 g/mol. The molecule has 4 N–H and O–H groups in total. The molecule has 1 aliphatic heterocycles. The Hall–Kier alpha value is -3.75. The number of amides is 1. The Labute approximate surface area is 225 Å². The molecule has 0 radical (unpaired) electrons. The maximum atomic E-state index is 12.9. The van der Waals surface area contributed by atoms with E-state index in [9.17, 15) is 20.0 Å². The number of aryl methyl sites for hydroxylation is 2. The monoisotopic (exact) mass is 541 g/mol. The number of ether oxygens (including phenoxy) is 1. The summed E-state index contributed by atoms with van der Waals surface area (Å²) in [7, 11) is 1.71. The predicted octanol–water partition coefficient (Wildman–Crippen LogP) is 3.47. The van der Waals surface area contributed by atoms with E-state index in [1.807, 2.05) is 30.0 Å². The summed E-state index contributed by atoms with van der Waals surface area (Å²) in [6, 6.07) is 9.18. The third-order valence-corrected chi connectivity index (χ3v) is 6.92. The second-order valence-corrected chi connectivity index (χ2v) is 10.9. The Balaban J connectivity index is 1.68. The van der Waals surface area contributed by atoms with Crippen LogP contribution < -0.4 is 21.6 Å². The SMILES string of the molecule is CC1CC(OC(N)=O)CN(c2nc(Nc3ccc4c(c3)n(CCC(C)(C)O)c(=O)n4C)c(Cl)cc2C#N)C1. The molecule has 1 fully saturated rings. The highest BCUT2D eigenvalue weighted by Gasteiger charge is 2.30. The van der Waals surface area contributed by atoms with Crippen molar-refractivity contribution in [2.75, 3.05) is 23.3 Å². The molecular weight excluding hydrogens is 510 g/mol. The van der Waals surface area contributed by atoms with Crippen molar-refractivity contribution < 1.29 is 14.6 Å². The van der Waals surface area contributed by atoms with Crippen LogP contribution in [0.5, 0.6) is 0 Å². The van der Waals surface area contributed by atoms with Crippen molar-refractivity contribution in [2.24, 2.45) is 18.7 Å². The number of fused-ring (bicyclic) bond motifs is 1. The van der Waals surface area contributed by atoms with Gasteiger partial charge in [-0.15, -0.1) is 0 Å². The molecule has 1 aromatic carbocycles. The minimum atomic E-state index is -0.915. The van der Waals surface area contributed by atoms with Crippen LogP contribution in [-0.2, 0) is 18.3 Å². The lowest BCUT2D eigenvalue weighted by atomic mass is 9.97. The number of nitriles is 1. The number of carbonyl (C=O) groups is 1. The first-order chi connectivity index (χ1) is 17.9. The highest BCUT2D eigenvalue weighted by Crippen LogP contribution is 2.33. The van der Waals surface area contributed by atoms with Gasteiger partial charge in [0.2, 0.25) is 0 Å². The number of aromatic nitrogens is 3. The number of aliphatic hydroxyl groups is 1. The van der Waals surface area contributed by atoms with Crippen LogP contribution >= 0.6 is 11.6 Å². The number of halogens is 1. The van der Waals surface area contributed by atoms with Gasteiger partial charge in [-0.3, -0.25) is 9.13 Å². The minimum absolute atomic E-state index is 0.176. The summed E-state index contributed by atoms with van der Waals surface area (Å²) in [5.41, 5.74) is 6.53. The molecule has 3 heterocycles. The first-order valence-electron chi connectivity index (χ1n) is 12.4. The van der Waals surface area contributed by atoms with E-state index in [1.54, 1.807) is 36.1 Å². The zero-order valence-electron chi connectivity index (χ0n) is 21.9. The highest BCUT2D eigenvalue weighted by atomic mass is 35.5. The number of hydrogen-bond donors (Lipinski definition) is 3. The molecule has 2 atom stereocenters. The second kappa shape index (κ2) is 10.6. The normalized spacial score (nSPS) is 17.9. The molecule has 0 saturated carbocycles. The lowest BCUT2D eigenvalue weighted by molar-refractivity contribution is 0.0662. The number of primary amides is 1. The quantitative estimate of drug-likeness (QED) is 0.411. The van der Waals surface area contributed by atoms with Gasteiger partial charge in [-0.2, -0.15) is 5.26 Å². The van der Waals surface area contributed by atoms with Crippen molar-refractivity contribution >= 4 is 46.1 Å². The molecular formula is C26H32ClN7O4. The lowest BCUT2D eigenvalue weighted by Gasteiger charge is -2.37. The fraction of sp³-hybridized carbons (Fsp3) is 0.462. The number of hydrogen-bond acceptors (Lipinski definition) is 8. The van der Waals surface area contributed by atoms with Crippen LogP contribution in [0, 0.1) is 17.2 Å². The van der Waals surface area contributed by atoms with Crippen molar-refractivity contribution in [2.45, 2.75) is 51.9 Å². The minimum Gasteiger partial charge on any atom is -0.444 e. The number of rotatable bonds is 7. The summed E-state index contributed by atoms with van der Waals surface area (Å²) < 4.78 is 8.44. The van der Waals surface area contributed by atoms with Gasteiger partial charge < -0.3 is 25.8 Å².